The van der Waals surface area contributed by atoms with Crippen molar-refractivity contribution in [3.05, 3.63) is 149 Å². The second kappa shape index (κ2) is 14.4. The van der Waals surface area contributed by atoms with Crippen LogP contribution in [0, 0.1) is 13.5 Å². The summed E-state index contributed by atoms with van der Waals surface area (Å²) in [6.07, 6.45) is 5.50. The summed E-state index contributed by atoms with van der Waals surface area (Å²) in [6, 6.07) is 32.5. The Morgan fingerprint density at radius 2 is 1.56 bits per heavy atom. The first-order chi connectivity index (χ1) is 21.8. The van der Waals surface area contributed by atoms with Crippen molar-refractivity contribution in [1.82, 2.24) is 4.98 Å². The van der Waals surface area contributed by atoms with Crippen molar-refractivity contribution in [2.45, 2.75) is 26.4 Å². The van der Waals surface area contributed by atoms with Gasteiger partial charge in [0.2, 0.25) is 10.0 Å². The lowest BCUT2D eigenvalue weighted by Crippen LogP contribution is -2.23. The highest BCUT2D eigenvalue weighted by Crippen LogP contribution is 2.31. The van der Waals surface area contributed by atoms with E-state index >= 15 is 0 Å². The second-order valence-electron chi connectivity index (χ2n) is 10.6. The molecule has 0 saturated carbocycles. The van der Waals surface area contributed by atoms with Gasteiger partial charge in [-0.1, -0.05) is 54.6 Å². The molecule has 0 fully saturated rings. The van der Waals surface area contributed by atoms with E-state index in [4.69, 9.17) is 16.0 Å². The first-order valence-corrected chi connectivity index (χ1v) is 16.3. The number of sulfonamides is 1. The number of rotatable bonds is 13. The lowest BCUT2D eigenvalue weighted by molar-refractivity contribution is 0.320. The van der Waals surface area contributed by atoms with Crippen LogP contribution in [0.25, 0.3) is 4.85 Å². The molecule has 45 heavy (non-hydrogen) atoms. The molecule has 228 valence electrons. The summed E-state index contributed by atoms with van der Waals surface area (Å²) in [4.78, 5) is 9.89. The Balaban J connectivity index is 1.30. The van der Waals surface area contributed by atoms with E-state index in [0.717, 1.165) is 46.4 Å². The fraction of sp³-hybridized carbons (Fsp3) is 0.167. The Bertz CT molecular complexity index is 1890. The fourth-order valence-electron chi connectivity index (χ4n) is 4.93. The van der Waals surface area contributed by atoms with Crippen molar-refractivity contribution < 1.29 is 17.9 Å². The molecule has 1 N–H and O–H groups in total. The van der Waals surface area contributed by atoms with Gasteiger partial charge in [0, 0.05) is 43.7 Å². The molecule has 0 aliphatic carbocycles. The number of hydrogen-bond acceptors (Lipinski definition) is 6. The van der Waals surface area contributed by atoms with Gasteiger partial charge in [-0.2, -0.15) is 0 Å². The van der Waals surface area contributed by atoms with Gasteiger partial charge in [-0.25, -0.2) is 13.3 Å². The normalized spacial score (nSPS) is 11.0. The maximum atomic E-state index is 12.0. The SMILES string of the molecule is [C-]#[N+]c1cccc(CN(Cc2ccc(Oc3cccc(OCCc4cccnc4)c3)cc2)c2cccc(NS(C)(=O)=O)c2C)c1. The lowest BCUT2D eigenvalue weighted by Gasteiger charge is -2.28. The highest BCUT2D eigenvalue weighted by atomic mass is 32.2. The quantitative estimate of drug-likeness (QED) is 0.135. The van der Waals surface area contributed by atoms with E-state index in [1.807, 2.05) is 104 Å². The Hall–Kier alpha value is -5.33. The van der Waals surface area contributed by atoms with Crippen LogP contribution in [0.2, 0.25) is 0 Å². The Kier molecular flexibility index (Phi) is 9.97. The van der Waals surface area contributed by atoms with Gasteiger partial charge in [0.25, 0.3) is 0 Å². The van der Waals surface area contributed by atoms with Crippen LogP contribution in [-0.4, -0.2) is 26.3 Å². The summed E-state index contributed by atoms with van der Waals surface area (Å²) in [5.74, 6) is 2.10. The minimum absolute atomic E-state index is 0.526. The number of hydrogen-bond donors (Lipinski definition) is 1. The van der Waals surface area contributed by atoms with Crippen LogP contribution in [-0.2, 0) is 29.5 Å². The van der Waals surface area contributed by atoms with Crippen molar-refractivity contribution in [1.29, 1.82) is 0 Å². The molecule has 1 aromatic heterocycles. The van der Waals surface area contributed by atoms with Crippen molar-refractivity contribution in [3.63, 3.8) is 0 Å². The molecule has 9 heteroatoms. The van der Waals surface area contributed by atoms with Gasteiger partial charge >= 0.3 is 0 Å². The monoisotopic (exact) mass is 618 g/mol. The van der Waals surface area contributed by atoms with Crippen LogP contribution >= 0.6 is 0 Å². The first kappa shape index (κ1) is 31.1. The van der Waals surface area contributed by atoms with E-state index in [-0.39, 0.29) is 0 Å². The van der Waals surface area contributed by atoms with Crippen LogP contribution in [0.1, 0.15) is 22.3 Å². The van der Waals surface area contributed by atoms with Crippen LogP contribution in [0.5, 0.6) is 17.2 Å². The Morgan fingerprint density at radius 3 is 2.31 bits per heavy atom. The van der Waals surface area contributed by atoms with E-state index in [0.29, 0.717) is 42.6 Å². The van der Waals surface area contributed by atoms with Crippen molar-refractivity contribution in [2.24, 2.45) is 0 Å². The largest absolute Gasteiger partial charge is 0.493 e. The summed E-state index contributed by atoms with van der Waals surface area (Å²) in [7, 11) is -3.44. The smallest absolute Gasteiger partial charge is 0.229 e. The van der Waals surface area contributed by atoms with Crippen LogP contribution in [0.3, 0.4) is 0 Å². The van der Waals surface area contributed by atoms with Crippen LogP contribution in [0.4, 0.5) is 17.1 Å². The van der Waals surface area contributed by atoms with Crippen molar-refractivity contribution in [3.8, 4) is 17.2 Å². The maximum Gasteiger partial charge on any atom is 0.229 e. The summed E-state index contributed by atoms with van der Waals surface area (Å²) in [6.45, 7) is 10.9. The molecule has 0 bridgehead atoms. The molecule has 0 aliphatic heterocycles. The van der Waals surface area contributed by atoms with Gasteiger partial charge in [-0.05, 0) is 71.6 Å². The highest BCUT2D eigenvalue weighted by Gasteiger charge is 2.16. The first-order valence-electron chi connectivity index (χ1n) is 14.4. The van der Waals surface area contributed by atoms with Crippen molar-refractivity contribution in [2.75, 3.05) is 22.5 Å². The number of nitrogens with zero attached hydrogens (tertiary/aromatic N) is 3. The average Bonchev–Trinajstić information content (AvgIpc) is 3.03. The number of aromatic nitrogens is 1. The zero-order valence-corrected chi connectivity index (χ0v) is 26.0. The van der Waals surface area contributed by atoms with Crippen molar-refractivity contribution >= 4 is 27.1 Å². The summed E-state index contributed by atoms with van der Waals surface area (Å²) >= 11 is 0. The predicted octanol–water partition coefficient (Wildman–Crippen LogP) is 7.93. The second-order valence-corrected chi connectivity index (χ2v) is 12.4. The number of ether oxygens (including phenoxy) is 2. The molecular weight excluding hydrogens is 584 g/mol. The third-order valence-corrected chi connectivity index (χ3v) is 7.67. The molecule has 0 atom stereocenters. The van der Waals surface area contributed by atoms with Gasteiger partial charge in [0.15, 0.2) is 5.69 Å². The minimum Gasteiger partial charge on any atom is -0.493 e. The molecule has 5 rings (SSSR count). The van der Waals surface area contributed by atoms with Gasteiger partial charge in [-0.3, -0.25) is 9.71 Å². The minimum atomic E-state index is -3.44. The van der Waals surface area contributed by atoms with E-state index in [1.54, 1.807) is 18.3 Å². The third kappa shape index (κ3) is 9.08. The zero-order valence-electron chi connectivity index (χ0n) is 25.2. The number of pyridine rings is 1. The standard InChI is InChI=1S/C36H34N4O4S/c1-27-35(39-45(3,41)42)13-6-14-36(27)40(26-30-8-4-10-31(22-30)37-2)25-29-15-17-32(18-16-29)44-34-12-5-11-33(23-34)43-21-19-28-9-7-20-38-24-28/h4-18,20,22-24,39H,19,21,25-26H2,1,3H3. The van der Waals surface area contributed by atoms with E-state index in [1.165, 1.54) is 0 Å². The van der Waals surface area contributed by atoms with Gasteiger partial charge < -0.3 is 14.4 Å². The molecule has 0 aliphatic rings. The molecule has 0 unspecified atom stereocenters. The third-order valence-electron chi connectivity index (χ3n) is 7.07. The predicted molar refractivity (Wildman–Crippen MR) is 179 cm³/mol. The zero-order chi connectivity index (χ0) is 31.6. The van der Waals surface area contributed by atoms with Crippen LogP contribution in [0.15, 0.2) is 116 Å². The topological polar surface area (TPSA) is 85.1 Å². The molecular formula is C36H34N4O4S. The molecule has 1 heterocycles. The van der Waals surface area contributed by atoms with E-state index in [9.17, 15) is 8.42 Å². The average molecular weight is 619 g/mol. The molecule has 5 aromatic rings. The number of nitrogens with one attached hydrogen (secondary N) is 1. The van der Waals surface area contributed by atoms with E-state index < -0.39 is 10.0 Å². The molecule has 8 nitrogen and oxygen atoms in total. The van der Waals surface area contributed by atoms with Gasteiger partial charge in [0.05, 0.1) is 25.1 Å². The Morgan fingerprint density at radius 1 is 0.822 bits per heavy atom. The number of anilines is 2. The molecule has 4 aromatic carbocycles. The van der Waals surface area contributed by atoms with Gasteiger partial charge in [0.1, 0.15) is 17.2 Å². The number of benzene rings is 4. The molecule has 0 spiro atoms. The van der Waals surface area contributed by atoms with E-state index in [2.05, 4.69) is 19.5 Å². The molecule has 0 radical (unpaired) electrons. The van der Waals surface area contributed by atoms with Gasteiger partial charge in [-0.15, -0.1) is 0 Å². The molecule has 0 amide bonds. The Labute approximate surface area is 264 Å². The molecule has 0 saturated heterocycles. The van der Waals surface area contributed by atoms with Crippen LogP contribution < -0.4 is 19.1 Å². The lowest BCUT2D eigenvalue weighted by atomic mass is 10.1. The fourth-order valence-corrected chi connectivity index (χ4v) is 5.55. The summed E-state index contributed by atoms with van der Waals surface area (Å²) in [5, 5.41) is 0. The highest BCUT2D eigenvalue weighted by molar-refractivity contribution is 7.92. The summed E-state index contributed by atoms with van der Waals surface area (Å²) in [5.41, 5.74) is 5.94. The maximum absolute atomic E-state index is 12.0. The summed E-state index contributed by atoms with van der Waals surface area (Å²) < 4.78 is 38.7.